The lowest BCUT2D eigenvalue weighted by atomic mass is 9.91. The summed E-state index contributed by atoms with van der Waals surface area (Å²) in [5, 5.41) is 9.03. The van der Waals surface area contributed by atoms with Gasteiger partial charge in [-0.3, -0.25) is 0 Å². The van der Waals surface area contributed by atoms with Crippen molar-refractivity contribution in [2.45, 2.75) is 0 Å². The Labute approximate surface area is 143 Å². The molecule has 2 heterocycles. The summed E-state index contributed by atoms with van der Waals surface area (Å²) < 4.78 is 2.75. The Bertz CT molecular complexity index is 1280. The van der Waals surface area contributed by atoms with E-state index in [0.717, 1.165) is 0 Å². The van der Waals surface area contributed by atoms with E-state index in [9.17, 15) is 0 Å². The van der Waals surface area contributed by atoms with Gasteiger partial charge in [-0.2, -0.15) is 0 Å². The Morgan fingerprint density at radius 3 is 2.42 bits per heavy atom. The van der Waals surface area contributed by atoms with Crippen molar-refractivity contribution in [3.05, 3.63) is 72.8 Å². The van der Waals surface area contributed by atoms with Crippen LogP contribution in [0.15, 0.2) is 72.8 Å². The molecule has 1 aliphatic heterocycles. The highest BCUT2D eigenvalue weighted by atomic mass is 32.1. The van der Waals surface area contributed by atoms with Crippen LogP contribution in [0.3, 0.4) is 0 Å². The predicted molar refractivity (Wildman–Crippen MR) is 106 cm³/mol. The van der Waals surface area contributed by atoms with Crippen LogP contribution in [0.4, 0.5) is 11.4 Å². The maximum atomic E-state index is 3.61. The average Bonchev–Trinajstić information content (AvgIpc) is 3.01. The highest BCUT2D eigenvalue weighted by Crippen LogP contribution is 2.49. The van der Waals surface area contributed by atoms with Crippen LogP contribution in [0.25, 0.3) is 42.1 Å². The number of thiophene rings is 1. The quantitative estimate of drug-likeness (QED) is 0.319. The molecule has 0 saturated carbocycles. The maximum Gasteiger partial charge on any atom is 0.0470 e. The smallest absolute Gasteiger partial charge is 0.0470 e. The van der Waals surface area contributed by atoms with Gasteiger partial charge in [-0.25, -0.2) is 0 Å². The summed E-state index contributed by atoms with van der Waals surface area (Å²) >= 11 is 1.90. The molecule has 0 atom stereocenters. The number of rotatable bonds is 0. The molecule has 0 fully saturated rings. The van der Waals surface area contributed by atoms with Crippen LogP contribution >= 0.6 is 11.3 Å². The zero-order valence-corrected chi connectivity index (χ0v) is 13.7. The summed E-state index contributed by atoms with van der Waals surface area (Å²) in [6.45, 7) is 0. The Morgan fingerprint density at radius 1 is 0.625 bits per heavy atom. The van der Waals surface area contributed by atoms with Gasteiger partial charge in [0.1, 0.15) is 0 Å². The van der Waals surface area contributed by atoms with Crippen LogP contribution < -0.4 is 5.32 Å². The van der Waals surface area contributed by atoms with Crippen LogP contribution in [-0.4, -0.2) is 0 Å². The maximum absolute atomic E-state index is 3.61. The molecule has 0 amide bonds. The van der Waals surface area contributed by atoms with E-state index in [1.54, 1.807) is 0 Å². The fraction of sp³-hybridized carbons (Fsp3) is 0. The second-order valence-corrected chi connectivity index (χ2v) is 7.35. The fourth-order valence-electron chi connectivity index (χ4n) is 3.95. The first kappa shape index (κ1) is 12.6. The predicted octanol–water partition coefficient (Wildman–Crippen LogP) is 6.93. The number of fused-ring (bicyclic) bond motifs is 6. The van der Waals surface area contributed by atoms with Crippen molar-refractivity contribution in [3.63, 3.8) is 0 Å². The van der Waals surface area contributed by atoms with Crippen molar-refractivity contribution >= 4 is 53.7 Å². The number of hydrogen-bond donors (Lipinski definition) is 1. The zero-order valence-electron chi connectivity index (χ0n) is 12.8. The van der Waals surface area contributed by atoms with Gasteiger partial charge < -0.3 is 5.32 Å². The second kappa shape index (κ2) is 4.37. The molecule has 4 aromatic carbocycles. The molecule has 1 aliphatic rings. The molecule has 1 nitrogen and oxygen atoms in total. The largest absolute Gasteiger partial charge is 0.354 e. The normalized spacial score (nSPS) is 12.5. The van der Waals surface area contributed by atoms with Gasteiger partial charge >= 0.3 is 0 Å². The van der Waals surface area contributed by atoms with Gasteiger partial charge in [-0.05, 0) is 29.8 Å². The lowest BCUT2D eigenvalue weighted by Gasteiger charge is -2.22. The SMILES string of the molecule is c1ccc2c(c1)Nc1cccc3c1c-2cc1c2ccccc2sc31. The number of para-hydroxylation sites is 1. The molecule has 6 rings (SSSR count). The molecule has 1 aromatic heterocycles. The van der Waals surface area contributed by atoms with Crippen LogP contribution in [0.1, 0.15) is 0 Å². The molecule has 112 valence electrons. The number of benzene rings is 4. The topological polar surface area (TPSA) is 12.0 Å². The first-order valence-corrected chi connectivity index (χ1v) is 8.95. The first-order valence-electron chi connectivity index (χ1n) is 8.13. The molecule has 0 bridgehead atoms. The summed E-state index contributed by atoms with van der Waals surface area (Å²) in [6.07, 6.45) is 0. The Kier molecular flexibility index (Phi) is 2.29. The molecule has 0 aliphatic carbocycles. The third kappa shape index (κ3) is 1.49. The van der Waals surface area contributed by atoms with Crippen LogP contribution in [-0.2, 0) is 0 Å². The van der Waals surface area contributed by atoms with E-state index in [-0.39, 0.29) is 0 Å². The van der Waals surface area contributed by atoms with Crippen molar-refractivity contribution < 1.29 is 0 Å². The number of nitrogens with one attached hydrogen (secondary N) is 1. The van der Waals surface area contributed by atoms with Crippen molar-refractivity contribution in [1.82, 2.24) is 0 Å². The van der Waals surface area contributed by atoms with Crippen LogP contribution in [0.2, 0.25) is 0 Å². The average molecular weight is 323 g/mol. The number of anilines is 2. The monoisotopic (exact) mass is 323 g/mol. The van der Waals surface area contributed by atoms with E-state index in [0.29, 0.717) is 0 Å². The third-order valence-electron chi connectivity index (χ3n) is 4.99. The van der Waals surface area contributed by atoms with Gasteiger partial charge in [0.05, 0.1) is 0 Å². The van der Waals surface area contributed by atoms with E-state index in [2.05, 4.69) is 78.1 Å². The van der Waals surface area contributed by atoms with Gasteiger partial charge in [0.25, 0.3) is 0 Å². The number of hydrogen-bond acceptors (Lipinski definition) is 2. The van der Waals surface area contributed by atoms with Crippen LogP contribution in [0, 0.1) is 0 Å². The molecule has 0 saturated heterocycles. The Balaban J connectivity index is 1.91. The fourth-order valence-corrected chi connectivity index (χ4v) is 5.16. The van der Waals surface area contributed by atoms with E-state index in [4.69, 9.17) is 0 Å². The summed E-state index contributed by atoms with van der Waals surface area (Å²) in [5.74, 6) is 0. The molecule has 24 heavy (non-hydrogen) atoms. The minimum absolute atomic E-state index is 1.19. The molecule has 0 unspecified atom stereocenters. The molecule has 1 N–H and O–H groups in total. The van der Waals surface area contributed by atoms with E-state index in [1.807, 2.05) is 11.3 Å². The lowest BCUT2D eigenvalue weighted by Crippen LogP contribution is -2.00. The van der Waals surface area contributed by atoms with Crippen molar-refractivity contribution in [3.8, 4) is 11.1 Å². The van der Waals surface area contributed by atoms with Crippen molar-refractivity contribution in [2.24, 2.45) is 0 Å². The van der Waals surface area contributed by atoms with E-state index in [1.165, 1.54) is 53.4 Å². The van der Waals surface area contributed by atoms with Gasteiger partial charge in [-0.15, -0.1) is 11.3 Å². The lowest BCUT2D eigenvalue weighted by molar-refractivity contribution is 1.54. The minimum Gasteiger partial charge on any atom is -0.354 e. The highest BCUT2D eigenvalue weighted by Gasteiger charge is 2.20. The molecular weight excluding hydrogens is 310 g/mol. The molecule has 5 aromatic rings. The summed E-state index contributed by atoms with van der Waals surface area (Å²) in [6, 6.07) is 26.3. The zero-order chi connectivity index (χ0) is 15.7. The van der Waals surface area contributed by atoms with Gasteiger partial charge in [0.15, 0.2) is 0 Å². The standard InChI is InChI=1S/C22H13NS/c1-3-9-18-13(6-1)16-12-17-14-7-2-4-11-20(14)24-22(17)15-8-5-10-19(23-18)21(15)16/h1-12,23H. The second-order valence-electron chi connectivity index (χ2n) is 6.30. The van der Waals surface area contributed by atoms with E-state index >= 15 is 0 Å². The first-order chi connectivity index (χ1) is 11.9. The summed E-state index contributed by atoms with van der Waals surface area (Å²) in [5.41, 5.74) is 5.03. The van der Waals surface area contributed by atoms with Gasteiger partial charge in [0.2, 0.25) is 0 Å². The van der Waals surface area contributed by atoms with Crippen LogP contribution in [0.5, 0.6) is 0 Å². The summed E-state index contributed by atoms with van der Waals surface area (Å²) in [4.78, 5) is 0. The molecule has 0 radical (unpaired) electrons. The Hall–Kier alpha value is -2.84. The minimum atomic E-state index is 1.19. The third-order valence-corrected chi connectivity index (χ3v) is 6.21. The molecule has 0 spiro atoms. The van der Waals surface area contributed by atoms with Crippen molar-refractivity contribution in [2.75, 3.05) is 5.32 Å². The van der Waals surface area contributed by atoms with Gasteiger partial charge in [-0.1, -0.05) is 48.5 Å². The Morgan fingerprint density at radius 2 is 1.42 bits per heavy atom. The van der Waals surface area contributed by atoms with Crippen molar-refractivity contribution in [1.29, 1.82) is 0 Å². The van der Waals surface area contributed by atoms with E-state index < -0.39 is 0 Å². The highest BCUT2D eigenvalue weighted by molar-refractivity contribution is 7.26. The van der Waals surface area contributed by atoms with Gasteiger partial charge in [0, 0.05) is 47.9 Å². The molecular formula is C22H13NS. The summed E-state index contributed by atoms with van der Waals surface area (Å²) in [7, 11) is 0. The molecule has 2 heteroatoms.